The average molecular weight is 270 g/mol. The Morgan fingerprint density at radius 3 is 2.80 bits per heavy atom. The van der Waals surface area contributed by atoms with Gasteiger partial charge in [0.15, 0.2) is 0 Å². The summed E-state index contributed by atoms with van der Waals surface area (Å²) in [6.07, 6.45) is 5.03. The first-order valence-electron chi connectivity index (χ1n) is 4.93. The molecular weight excluding hydrogens is 258 g/mol. The number of halogens is 1. The van der Waals surface area contributed by atoms with Crippen LogP contribution < -0.4 is 10.6 Å². The van der Waals surface area contributed by atoms with Gasteiger partial charge in [0.2, 0.25) is 0 Å². The Kier molecular flexibility index (Phi) is 3.20. The molecule has 1 saturated carbocycles. The molecule has 2 N–H and O–H groups in total. The molecule has 1 aliphatic carbocycles. The first-order valence-corrected chi connectivity index (χ1v) is 5.72. The molecule has 0 aromatic carbocycles. The number of hydrogen-bond acceptors (Lipinski definition) is 2. The van der Waals surface area contributed by atoms with E-state index in [1.807, 2.05) is 6.07 Å². The fourth-order valence-electron chi connectivity index (χ4n) is 1.34. The van der Waals surface area contributed by atoms with E-state index in [2.05, 4.69) is 31.5 Å². The molecule has 1 fully saturated rings. The van der Waals surface area contributed by atoms with Crippen LogP contribution in [0.25, 0.3) is 0 Å². The van der Waals surface area contributed by atoms with Gasteiger partial charge in [-0.1, -0.05) is 0 Å². The van der Waals surface area contributed by atoms with Crippen molar-refractivity contribution in [1.29, 1.82) is 0 Å². The molecular formula is C10H12BrN3O. The Labute approximate surface area is 96.6 Å². The van der Waals surface area contributed by atoms with Gasteiger partial charge in [-0.05, 0) is 47.3 Å². The summed E-state index contributed by atoms with van der Waals surface area (Å²) < 4.78 is 0.896. The number of carbonyl (C=O) groups is 1. The summed E-state index contributed by atoms with van der Waals surface area (Å²) in [5.41, 5.74) is 0. The lowest BCUT2D eigenvalue weighted by Gasteiger charge is -2.26. The summed E-state index contributed by atoms with van der Waals surface area (Å²) in [5, 5.41) is 5.56. The third kappa shape index (κ3) is 2.92. The van der Waals surface area contributed by atoms with Crippen molar-refractivity contribution < 1.29 is 4.79 Å². The Hall–Kier alpha value is -1.10. The Balaban J connectivity index is 1.84. The van der Waals surface area contributed by atoms with Crippen LogP contribution in [0.15, 0.2) is 22.8 Å². The van der Waals surface area contributed by atoms with E-state index in [9.17, 15) is 4.79 Å². The number of nitrogens with one attached hydrogen (secondary N) is 2. The van der Waals surface area contributed by atoms with Gasteiger partial charge in [-0.25, -0.2) is 9.78 Å². The van der Waals surface area contributed by atoms with Gasteiger partial charge in [0, 0.05) is 16.7 Å². The minimum atomic E-state index is -0.172. The third-order valence-electron chi connectivity index (χ3n) is 2.41. The van der Waals surface area contributed by atoms with Gasteiger partial charge in [0.1, 0.15) is 5.82 Å². The van der Waals surface area contributed by atoms with Crippen LogP contribution in [0.1, 0.15) is 19.3 Å². The fourth-order valence-corrected chi connectivity index (χ4v) is 1.57. The van der Waals surface area contributed by atoms with Gasteiger partial charge in [-0.15, -0.1) is 0 Å². The molecule has 2 rings (SSSR count). The standard InChI is InChI=1S/C10H12BrN3O/c11-7-4-5-9(12-6-7)14-10(15)13-8-2-1-3-8/h4-6,8H,1-3H2,(H2,12,13,14,15). The van der Waals surface area contributed by atoms with Crippen molar-refractivity contribution in [2.24, 2.45) is 0 Å². The van der Waals surface area contributed by atoms with Crippen molar-refractivity contribution in [2.75, 3.05) is 5.32 Å². The molecule has 4 nitrogen and oxygen atoms in total. The van der Waals surface area contributed by atoms with Crippen molar-refractivity contribution in [3.63, 3.8) is 0 Å². The fraction of sp³-hybridized carbons (Fsp3) is 0.400. The van der Waals surface area contributed by atoms with Crippen LogP contribution in [-0.2, 0) is 0 Å². The number of amides is 2. The minimum absolute atomic E-state index is 0.172. The topological polar surface area (TPSA) is 54.0 Å². The quantitative estimate of drug-likeness (QED) is 0.867. The lowest BCUT2D eigenvalue weighted by atomic mass is 9.93. The predicted molar refractivity (Wildman–Crippen MR) is 61.7 cm³/mol. The maximum Gasteiger partial charge on any atom is 0.320 e. The molecule has 80 valence electrons. The zero-order valence-corrected chi connectivity index (χ0v) is 9.75. The second-order valence-corrected chi connectivity index (χ2v) is 4.50. The average Bonchev–Trinajstić information content (AvgIpc) is 2.16. The molecule has 5 heteroatoms. The molecule has 0 saturated heterocycles. The number of nitrogens with zero attached hydrogens (tertiary/aromatic N) is 1. The molecule has 1 aromatic heterocycles. The number of pyridine rings is 1. The van der Waals surface area contributed by atoms with Crippen LogP contribution >= 0.6 is 15.9 Å². The summed E-state index contributed by atoms with van der Waals surface area (Å²) in [6, 6.07) is 3.77. The Morgan fingerprint density at radius 2 is 2.27 bits per heavy atom. The second-order valence-electron chi connectivity index (χ2n) is 3.59. The molecule has 0 radical (unpaired) electrons. The summed E-state index contributed by atoms with van der Waals surface area (Å²) in [6.45, 7) is 0. The smallest absolute Gasteiger partial charge is 0.320 e. The largest absolute Gasteiger partial charge is 0.335 e. The van der Waals surface area contributed by atoms with E-state index in [0.717, 1.165) is 17.3 Å². The van der Waals surface area contributed by atoms with Crippen molar-refractivity contribution in [3.8, 4) is 0 Å². The van der Waals surface area contributed by atoms with Crippen molar-refractivity contribution in [3.05, 3.63) is 22.8 Å². The molecule has 0 bridgehead atoms. The molecule has 1 aliphatic rings. The van der Waals surface area contributed by atoms with Crippen molar-refractivity contribution in [2.45, 2.75) is 25.3 Å². The van der Waals surface area contributed by atoms with Gasteiger partial charge >= 0.3 is 6.03 Å². The SMILES string of the molecule is O=C(Nc1ccc(Br)cn1)NC1CCC1. The summed E-state index contributed by atoms with van der Waals surface area (Å²) >= 11 is 3.28. The third-order valence-corrected chi connectivity index (χ3v) is 2.88. The van der Waals surface area contributed by atoms with E-state index < -0.39 is 0 Å². The summed E-state index contributed by atoms with van der Waals surface area (Å²) in [7, 11) is 0. The monoisotopic (exact) mass is 269 g/mol. The maximum atomic E-state index is 11.4. The zero-order valence-electron chi connectivity index (χ0n) is 8.16. The summed E-state index contributed by atoms with van der Waals surface area (Å²) in [4.78, 5) is 15.5. The second kappa shape index (κ2) is 4.61. The van der Waals surface area contributed by atoms with Gasteiger partial charge in [-0.3, -0.25) is 5.32 Å². The molecule has 0 atom stereocenters. The van der Waals surface area contributed by atoms with Crippen molar-refractivity contribution >= 4 is 27.8 Å². The highest BCUT2D eigenvalue weighted by molar-refractivity contribution is 9.10. The number of anilines is 1. The van der Waals surface area contributed by atoms with Crippen LogP contribution in [0.3, 0.4) is 0 Å². The normalized spacial score (nSPS) is 15.5. The predicted octanol–water partition coefficient (Wildman–Crippen LogP) is 2.52. The molecule has 0 spiro atoms. The van der Waals surface area contributed by atoms with Gasteiger partial charge in [-0.2, -0.15) is 0 Å². The van der Waals surface area contributed by atoms with E-state index in [1.54, 1.807) is 12.3 Å². The molecule has 1 heterocycles. The molecule has 0 aliphatic heterocycles. The highest BCUT2D eigenvalue weighted by Gasteiger charge is 2.19. The van der Waals surface area contributed by atoms with Crippen LogP contribution in [0.2, 0.25) is 0 Å². The van der Waals surface area contributed by atoms with E-state index in [1.165, 1.54) is 6.42 Å². The molecule has 1 aromatic rings. The van der Waals surface area contributed by atoms with Gasteiger partial charge in [0.05, 0.1) is 0 Å². The van der Waals surface area contributed by atoms with Crippen LogP contribution in [0.5, 0.6) is 0 Å². The first-order chi connectivity index (χ1) is 7.24. The van der Waals surface area contributed by atoms with Crippen LogP contribution in [0.4, 0.5) is 10.6 Å². The van der Waals surface area contributed by atoms with E-state index in [-0.39, 0.29) is 6.03 Å². The van der Waals surface area contributed by atoms with E-state index in [0.29, 0.717) is 11.9 Å². The lowest BCUT2D eigenvalue weighted by molar-refractivity contribution is 0.240. The van der Waals surface area contributed by atoms with Gasteiger partial charge < -0.3 is 5.32 Å². The highest BCUT2D eigenvalue weighted by Crippen LogP contribution is 2.18. The zero-order chi connectivity index (χ0) is 10.7. The summed E-state index contributed by atoms with van der Waals surface area (Å²) in [5.74, 6) is 0.565. The van der Waals surface area contributed by atoms with Crippen molar-refractivity contribution in [1.82, 2.24) is 10.3 Å². The minimum Gasteiger partial charge on any atom is -0.335 e. The van der Waals surface area contributed by atoms with Gasteiger partial charge in [0.25, 0.3) is 0 Å². The Bertz CT molecular complexity index is 348. The lowest BCUT2D eigenvalue weighted by Crippen LogP contribution is -2.41. The number of rotatable bonds is 2. The van der Waals surface area contributed by atoms with Crippen LogP contribution in [-0.4, -0.2) is 17.1 Å². The number of carbonyl (C=O) groups excluding carboxylic acids is 1. The maximum absolute atomic E-state index is 11.4. The number of urea groups is 1. The van der Waals surface area contributed by atoms with E-state index >= 15 is 0 Å². The molecule has 15 heavy (non-hydrogen) atoms. The number of aromatic nitrogens is 1. The number of hydrogen-bond donors (Lipinski definition) is 2. The molecule has 2 amide bonds. The van der Waals surface area contributed by atoms with Crippen LogP contribution in [0, 0.1) is 0 Å². The van der Waals surface area contributed by atoms with E-state index in [4.69, 9.17) is 0 Å². The molecule has 0 unspecified atom stereocenters. The first kappa shape index (κ1) is 10.4. The highest BCUT2D eigenvalue weighted by atomic mass is 79.9. The Morgan fingerprint density at radius 1 is 1.47 bits per heavy atom.